The van der Waals surface area contributed by atoms with Gasteiger partial charge in [0.05, 0.1) is 10.3 Å². The summed E-state index contributed by atoms with van der Waals surface area (Å²) in [6.45, 7) is 4.70. The molecule has 0 aromatic heterocycles. The molecule has 1 N–H and O–H groups in total. The third kappa shape index (κ3) is 2.84. The summed E-state index contributed by atoms with van der Waals surface area (Å²) in [7, 11) is 0.280. The van der Waals surface area contributed by atoms with E-state index in [1.807, 2.05) is 19.0 Å². The number of rotatable bonds is 4. The number of hydrogen-bond acceptors (Lipinski definition) is 4. The second-order valence-corrected chi connectivity index (χ2v) is 7.20. The van der Waals surface area contributed by atoms with Crippen LogP contribution in [-0.4, -0.2) is 43.8 Å². The monoisotopic (exact) mass is 279 g/mol. The van der Waals surface area contributed by atoms with Crippen molar-refractivity contribution in [1.82, 2.24) is 4.90 Å². The van der Waals surface area contributed by atoms with E-state index in [4.69, 9.17) is 11.6 Å². The number of allylic oxidation sites excluding steroid dienone is 2. The molecule has 0 unspecified atom stereocenters. The van der Waals surface area contributed by atoms with Gasteiger partial charge in [-0.15, -0.1) is 0 Å². The lowest BCUT2D eigenvalue weighted by Gasteiger charge is -2.39. The van der Waals surface area contributed by atoms with Gasteiger partial charge in [0, 0.05) is 6.04 Å². The van der Waals surface area contributed by atoms with E-state index in [2.05, 4.69) is 6.58 Å². The van der Waals surface area contributed by atoms with E-state index in [9.17, 15) is 13.5 Å². The van der Waals surface area contributed by atoms with E-state index in [0.717, 1.165) is 0 Å². The maximum atomic E-state index is 12.2. The van der Waals surface area contributed by atoms with Crippen LogP contribution in [0.5, 0.6) is 0 Å². The Balaban J connectivity index is 2.92. The smallest absolute Gasteiger partial charge is 0.186 e. The number of aliphatic hydroxyl groups is 1. The molecule has 17 heavy (non-hydrogen) atoms. The number of hydrogen-bond donors (Lipinski definition) is 1. The van der Waals surface area contributed by atoms with Crippen LogP contribution < -0.4 is 0 Å². The van der Waals surface area contributed by atoms with Crippen molar-refractivity contribution in [1.29, 1.82) is 0 Å². The molecule has 1 aliphatic rings. The van der Waals surface area contributed by atoms with Gasteiger partial charge in [-0.1, -0.05) is 18.2 Å². The molecule has 0 amide bonds. The zero-order chi connectivity index (χ0) is 13.4. The lowest BCUT2D eigenvalue weighted by Crippen LogP contribution is -2.47. The second kappa shape index (κ2) is 5.00. The van der Waals surface area contributed by atoms with Crippen molar-refractivity contribution >= 4 is 21.4 Å². The minimum atomic E-state index is -3.56. The van der Waals surface area contributed by atoms with E-state index < -0.39 is 15.1 Å². The van der Waals surface area contributed by atoms with Crippen LogP contribution in [0.1, 0.15) is 19.8 Å². The van der Waals surface area contributed by atoms with Gasteiger partial charge in [0.15, 0.2) is 9.84 Å². The first-order valence-electron chi connectivity index (χ1n) is 5.32. The standard InChI is InChI=1S/C11H18ClNO3S/c1-7(12)11(8(2)14)17(15,16)10-5-9(6-10)13(3)4/h9-10,14H,1,5-6H2,2-4H3/b11-8-. The summed E-state index contributed by atoms with van der Waals surface area (Å²) in [5.74, 6) is -0.293. The highest BCUT2D eigenvalue weighted by molar-refractivity contribution is 7.96. The van der Waals surface area contributed by atoms with Crippen molar-refractivity contribution in [2.24, 2.45) is 0 Å². The molecule has 0 aromatic rings. The molecule has 4 nitrogen and oxygen atoms in total. The van der Waals surface area contributed by atoms with Crippen molar-refractivity contribution in [3.05, 3.63) is 22.3 Å². The molecule has 0 atom stereocenters. The first-order valence-corrected chi connectivity index (χ1v) is 7.25. The van der Waals surface area contributed by atoms with Crippen molar-refractivity contribution in [2.45, 2.75) is 31.1 Å². The molecule has 0 heterocycles. The van der Waals surface area contributed by atoms with Crippen LogP contribution in [0, 0.1) is 0 Å². The van der Waals surface area contributed by atoms with Crippen LogP contribution in [-0.2, 0) is 9.84 Å². The quantitative estimate of drug-likeness (QED) is 0.632. The Morgan fingerprint density at radius 2 is 1.88 bits per heavy atom. The van der Waals surface area contributed by atoms with E-state index in [1.165, 1.54) is 6.92 Å². The summed E-state index contributed by atoms with van der Waals surface area (Å²) < 4.78 is 24.4. The first kappa shape index (κ1) is 14.5. The van der Waals surface area contributed by atoms with Crippen LogP contribution in [0.3, 0.4) is 0 Å². The highest BCUT2D eigenvalue weighted by atomic mass is 35.5. The third-order valence-corrected chi connectivity index (χ3v) is 5.77. The van der Waals surface area contributed by atoms with Crippen LogP contribution in [0.2, 0.25) is 0 Å². The Hall–Kier alpha value is -0.520. The molecular weight excluding hydrogens is 262 g/mol. The van der Waals surface area contributed by atoms with Gasteiger partial charge in [-0.3, -0.25) is 0 Å². The molecule has 0 saturated heterocycles. The molecule has 98 valence electrons. The first-order chi connectivity index (χ1) is 7.67. The normalized spacial score (nSPS) is 26.4. The minimum absolute atomic E-state index is 0.127. The average Bonchev–Trinajstić information content (AvgIpc) is 1.94. The molecule has 6 heteroatoms. The molecule has 0 radical (unpaired) electrons. The summed E-state index contributed by atoms with van der Waals surface area (Å²) in [6.07, 6.45) is 1.13. The Morgan fingerprint density at radius 3 is 2.18 bits per heavy atom. The maximum Gasteiger partial charge on any atom is 0.186 e. The molecule has 0 aromatic carbocycles. The number of aliphatic hydroxyl groups excluding tert-OH is 1. The summed E-state index contributed by atoms with van der Waals surface area (Å²) in [4.78, 5) is 1.78. The van der Waals surface area contributed by atoms with Gasteiger partial charge in [-0.2, -0.15) is 0 Å². The van der Waals surface area contributed by atoms with Crippen molar-refractivity contribution < 1.29 is 13.5 Å². The van der Waals surface area contributed by atoms with Gasteiger partial charge in [-0.05, 0) is 33.9 Å². The maximum absolute atomic E-state index is 12.2. The van der Waals surface area contributed by atoms with Crippen LogP contribution in [0.15, 0.2) is 22.3 Å². The summed E-state index contributed by atoms with van der Waals surface area (Å²) in [6, 6.07) is 0.276. The van der Waals surface area contributed by atoms with Gasteiger partial charge in [-0.25, -0.2) is 8.42 Å². The van der Waals surface area contributed by atoms with Gasteiger partial charge < -0.3 is 10.0 Å². The topological polar surface area (TPSA) is 57.6 Å². The second-order valence-electron chi connectivity index (χ2n) is 4.58. The SMILES string of the molecule is C=C(Cl)/C(=C(\C)O)S(=O)(=O)C1CC(N(C)C)C1. The predicted molar refractivity (Wildman–Crippen MR) is 69.7 cm³/mol. The molecule has 1 aliphatic carbocycles. The van der Waals surface area contributed by atoms with E-state index in [-0.39, 0.29) is 21.7 Å². The minimum Gasteiger partial charge on any atom is -0.511 e. The van der Waals surface area contributed by atoms with Crippen LogP contribution in [0.25, 0.3) is 0 Å². The third-order valence-electron chi connectivity index (χ3n) is 3.10. The predicted octanol–water partition coefficient (Wildman–Crippen LogP) is 2.04. The zero-order valence-electron chi connectivity index (χ0n) is 10.3. The Labute approximate surface area is 107 Å². The highest BCUT2D eigenvalue weighted by Crippen LogP contribution is 2.36. The van der Waals surface area contributed by atoms with Gasteiger partial charge in [0.25, 0.3) is 0 Å². The fourth-order valence-electron chi connectivity index (χ4n) is 1.94. The molecule has 1 fully saturated rings. The summed E-state index contributed by atoms with van der Waals surface area (Å²) in [5, 5.41) is 8.81. The average molecular weight is 280 g/mol. The lowest BCUT2D eigenvalue weighted by atomic mass is 9.91. The number of halogens is 1. The number of nitrogens with zero attached hydrogens (tertiary/aromatic N) is 1. The van der Waals surface area contributed by atoms with E-state index in [1.54, 1.807) is 0 Å². The van der Waals surface area contributed by atoms with Crippen molar-refractivity contribution in [3.63, 3.8) is 0 Å². The lowest BCUT2D eigenvalue weighted by molar-refractivity contribution is 0.196. The van der Waals surface area contributed by atoms with Gasteiger partial charge in [0.1, 0.15) is 10.7 Å². The highest BCUT2D eigenvalue weighted by Gasteiger charge is 2.42. The van der Waals surface area contributed by atoms with Crippen LogP contribution in [0.4, 0.5) is 0 Å². The van der Waals surface area contributed by atoms with Gasteiger partial charge >= 0.3 is 0 Å². The molecule has 0 bridgehead atoms. The Morgan fingerprint density at radius 1 is 1.41 bits per heavy atom. The molecule has 1 rings (SSSR count). The summed E-state index contributed by atoms with van der Waals surface area (Å²) >= 11 is 5.65. The molecule has 1 saturated carbocycles. The van der Waals surface area contributed by atoms with Crippen molar-refractivity contribution in [2.75, 3.05) is 14.1 Å². The fraction of sp³-hybridized carbons (Fsp3) is 0.636. The molecular formula is C11H18ClNO3S. The zero-order valence-corrected chi connectivity index (χ0v) is 11.8. The Kier molecular flexibility index (Phi) is 4.28. The van der Waals surface area contributed by atoms with E-state index in [0.29, 0.717) is 12.8 Å². The fourth-order valence-corrected chi connectivity index (χ4v) is 4.40. The summed E-state index contributed by atoms with van der Waals surface area (Å²) in [5.41, 5.74) is 0. The van der Waals surface area contributed by atoms with Crippen LogP contribution >= 0.6 is 11.6 Å². The molecule has 0 spiro atoms. The number of sulfone groups is 1. The largest absolute Gasteiger partial charge is 0.511 e. The van der Waals surface area contributed by atoms with Gasteiger partial charge in [0.2, 0.25) is 0 Å². The van der Waals surface area contributed by atoms with E-state index >= 15 is 0 Å². The molecule has 0 aliphatic heterocycles. The Bertz CT molecular complexity index is 443. The van der Waals surface area contributed by atoms with Crippen molar-refractivity contribution in [3.8, 4) is 0 Å².